The molecule has 1 aromatic carbocycles. The molecule has 0 aliphatic carbocycles. The number of halogens is 1. The highest BCUT2D eigenvalue weighted by atomic mass is 35.5. The van der Waals surface area contributed by atoms with E-state index in [1.54, 1.807) is 20.3 Å². The Kier molecular flexibility index (Phi) is 6.37. The Hall–Kier alpha value is -0.740. The summed E-state index contributed by atoms with van der Waals surface area (Å²) < 4.78 is 10.4. The van der Waals surface area contributed by atoms with Crippen molar-refractivity contribution in [2.24, 2.45) is 0 Å². The molecule has 0 fully saturated rings. The number of methoxy groups -OCH3 is 2. The van der Waals surface area contributed by atoms with Crippen molar-refractivity contribution in [3.05, 3.63) is 17.2 Å². The molecule has 0 saturated carbocycles. The van der Waals surface area contributed by atoms with E-state index in [1.165, 1.54) is 0 Å². The molecule has 1 N–H and O–H groups in total. The predicted molar refractivity (Wildman–Crippen MR) is 76.0 cm³/mol. The van der Waals surface area contributed by atoms with E-state index in [4.69, 9.17) is 21.1 Å². The zero-order valence-corrected chi connectivity index (χ0v) is 12.0. The quantitative estimate of drug-likeness (QED) is 0.772. The Morgan fingerprint density at radius 3 is 2.47 bits per heavy atom. The highest BCUT2D eigenvalue weighted by Crippen LogP contribution is 2.35. The third-order valence-electron chi connectivity index (χ3n) is 2.31. The minimum Gasteiger partial charge on any atom is -0.493 e. The molecule has 0 amide bonds. The number of nitrogens with one attached hydrogen (secondary N) is 1. The van der Waals surface area contributed by atoms with E-state index >= 15 is 0 Å². The van der Waals surface area contributed by atoms with Crippen molar-refractivity contribution >= 4 is 29.1 Å². The molecule has 1 aromatic rings. The van der Waals surface area contributed by atoms with Crippen LogP contribution in [0.3, 0.4) is 0 Å². The van der Waals surface area contributed by atoms with Gasteiger partial charge in [0.2, 0.25) is 0 Å². The van der Waals surface area contributed by atoms with Gasteiger partial charge >= 0.3 is 0 Å². The number of ether oxygens (including phenoxy) is 2. The van der Waals surface area contributed by atoms with Crippen LogP contribution in [-0.2, 0) is 0 Å². The van der Waals surface area contributed by atoms with Crippen LogP contribution in [0.4, 0.5) is 5.69 Å². The van der Waals surface area contributed by atoms with Crippen molar-refractivity contribution in [1.29, 1.82) is 0 Å². The lowest BCUT2D eigenvalue weighted by Gasteiger charge is -2.13. The fraction of sp³-hybridized carbons (Fsp3) is 0.500. The summed E-state index contributed by atoms with van der Waals surface area (Å²) in [6, 6.07) is 3.62. The predicted octanol–water partition coefficient (Wildman–Crippen LogP) is 3.52. The zero-order valence-electron chi connectivity index (χ0n) is 10.4. The van der Waals surface area contributed by atoms with Gasteiger partial charge in [-0.1, -0.05) is 11.6 Å². The van der Waals surface area contributed by atoms with Crippen LogP contribution in [-0.4, -0.2) is 32.8 Å². The minimum atomic E-state index is 0.645. The molecule has 1 rings (SSSR count). The summed E-state index contributed by atoms with van der Waals surface area (Å²) in [5.41, 5.74) is 0.880. The lowest BCUT2D eigenvalue weighted by Crippen LogP contribution is -2.03. The van der Waals surface area contributed by atoms with E-state index in [1.807, 2.05) is 17.8 Å². The van der Waals surface area contributed by atoms with Crippen molar-refractivity contribution in [1.82, 2.24) is 0 Å². The monoisotopic (exact) mass is 275 g/mol. The van der Waals surface area contributed by atoms with Crippen LogP contribution in [0.2, 0.25) is 5.02 Å². The summed E-state index contributed by atoms with van der Waals surface area (Å²) in [4.78, 5) is 0. The fourth-order valence-corrected chi connectivity index (χ4v) is 2.08. The second-order valence-corrected chi connectivity index (χ2v) is 4.85. The zero-order chi connectivity index (χ0) is 12.7. The molecular formula is C12H18ClNO2S. The number of thioether (sulfide) groups is 1. The Balaban J connectivity index is 2.71. The van der Waals surface area contributed by atoms with Crippen molar-refractivity contribution in [3.8, 4) is 11.5 Å². The van der Waals surface area contributed by atoms with Gasteiger partial charge in [-0.05, 0) is 18.4 Å². The van der Waals surface area contributed by atoms with Gasteiger partial charge in [-0.15, -0.1) is 0 Å². The number of hydrogen-bond donors (Lipinski definition) is 1. The lowest BCUT2D eigenvalue weighted by molar-refractivity contribution is 0.355. The van der Waals surface area contributed by atoms with Crippen LogP contribution < -0.4 is 14.8 Å². The van der Waals surface area contributed by atoms with Gasteiger partial charge in [0.25, 0.3) is 0 Å². The molecule has 0 aliphatic rings. The standard InChI is InChI=1S/C12H18ClNO2S/c1-15-11-7-9(13)10(8-12(11)16-2)14-5-4-6-17-3/h7-8,14H,4-6H2,1-3H3. The first-order valence-electron chi connectivity index (χ1n) is 5.37. The van der Waals surface area contributed by atoms with E-state index in [0.717, 1.165) is 24.4 Å². The molecule has 0 unspecified atom stereocenters. The summed E-state index contributed by atoms with van der Waals surface area (Å²) in [7, 11) is 3.21. The molecule has 0 aromatic heterocycles. The molecule has 3 nitrogen and oxygen atoms in total. The van der Waals surface area contributed by atoms with Gasteiger partial charge in [0, 0.05) is 18.7 Å². The number of rotatable bonds is 7. The second kappa shape index (κ2) is 7.56. The van der Waals surface area contributed by atoms with E-state index in [-0.39, 0.29) is 0 Å². The first kappa shape index (κ1) is 14.3. The largest absolute Gasteiger partial charge is 0.493 e. The van der Waals surface area contributed by atoms with Crippen LogP contribution in [0.5, 0.6) is 11.5 Å². The van der Waals surface area contributed by atoms with E-state index < -0.39 is 0 Å². The van der Waals surface area contributed by atoms with Gasteiger partial charge in [-0.25, -0.2) is 0 Å². The normalized spacial score (nSPS) is 10.1. The van der Waals surface area contributed by atoms with Crippen molar-refractivity contribution < 1.29 is 9.47 Å². The molecule has 0 bridgehead atoms. The molecule has 17 heavy (non-hydrogen) atoms. The maximum atomic E-state index is 6.15. The Morgan fingerprint density at radius 1 is 1.24 bits per heavy atom. The van der Waals surface area contributed by atoms with Gasteiger partial charge in [-0.3, -0.25) is 0 Å². The minimum absolute atomic E-state index is 0.645. The third kappa shape index (κ3) is 4.21. The molecule has 0 spiro atoms. The summed E-state index contributed by atoms with van der Waals surface area (Å²) in [5, 5.41) is 3.94. The molecular weight excluding hydrogens is 258 g/mol. The van der Waals surface area contributed by atoms with E-state index in [0.29, 0.717) is 16.5 Å². The van der Waals surface area contributed by atoms with Gasteiger partial charge in [0.05, 0.1) is 24.9 Å². The Bertz CT molecular complexity index is 361. The van der Waals surface area contributed by atoms with Crippen LogP contribution >= 0.6 is 23.4 Å². The summed E-state index contributed by atoms with van der Waals surface area (Å²) >= 11 is 7.98. The van der Waals surface area contributed by atoms with Crippen LogP contribution in [0.15, 0.2) is 12.1 Å². The van der Waals surface area contributed by atoms with Crippen LogP contribution in [0.1, 0.15) is 6.42 Å². The second-order valence-electron chi connectivity index (χ2n) is 3.46. The first-order valence-corrected chi connectivity index (χ1v) is 7.14. The van der Waals surface area contributed by atoms with Gasteiger partial charge < -0.3 is 14.8 Å². The molecule has 0 saturated heterocycles. The third-order valence-corrected chi connectivity index (χ3v) is 3.32. The van der Waals surface area contributed by atoms with E-state index in [2.05, 4.69) is 11.6 Å². The van der Waals surface area contributed by atoms with Gasteiger partial charge in [-0.2, -0.15) is 11.8 Å². The number of benzene rings is 1. The maximum absolute atomic E-state index is 6.15. The van der Waals surface area contributed by atoms with Crippen molar-refractivity contribution in [2.75, 3.05) is 38.1 Å². The van der Waals surface area contributed by atoms with Gasteiger partial charge in [0.1, 0.15) is 0 Å². The summed E-state index contributed by atoms with van der Waals surface area (Å²) in [6.07, 6.45) is 3.20. The first-order chi connectivity index (χ1) is 8.22. The molecule has 0 atom stereocenters. The maximum Gasteiger partial charge on any atom is 0.162 e. The number of anilines is 1. The average Bonchev–Trinajstić information content (AvgIpc) is 2.35. The smallest absolute Gasteiger partial charge is 0.162 e. The lowest BCUT2D eigenvalue weighted by atomic mass is 10.2. The highest BCUT2D eigenvalue weighted by Gasteiger charge is 2.09. The molecule has 0 aliphatic heterocycles. The molecule has 96 valence electrons. The van der Waals surface area contributed by atoms with E-state index in [9.17, 15) is 0 Å². The summed E-state index contributed by atoms with van der Waals surface area (Å²) in [6.45, 7) is 0.899. The van der Waals surface area contributed by atoms with Crippen molar-refractivity contribution in [2.45, 2.75) is 6.42 Å². The SMILES string of the molecule is COc1cc(Cl)c(NCCCSC)cc1OC. The summed E-state index contributed by atoms with van der Waals surface area (Å²) in [5.74, 6) is 2.47. The Morgan fingerprint density at radius 2 is 1.88 bits per heavy atom. The number of hydrogen-bond acceptors (Lipinski definition) is 4. The van der Waals surface area contributed by atoms with Crippen LogP contribution in [0, 0.1) is 0 Å². The highest BCUT2D eigenvalue weighted by molar-refractivity contribution is 7.98. The molecule has 5 heteroatoms. The average molecular weight is 276 g/mol. The molecule has 0 heterocycles. The topological polar surface area (TPSA) is 30.5 Å². The van der Waals surface area contributed by atoms with Gasteiger partial charge in [0.15, 0.2) is 11.5 Å². The Labute approximate surface area is 112 Å². The fourth-order valence-electron chi connectivity index (χ4n) is 1.43. The van der Waals surface area contributed by atoms with Crippen LogP contribution in [0.25, 0.3) is 0 Å². The molecule has 0 radical (unpaired) electrons. The van der Waals surface area contributed by atoms with Crippen molar-refractivity contribution in [3.63, 3.8) is 0 Å².